The Labute approximate surface area is 101 Å². The molecule has 1 aromatic rings. The lowest BCUT2D eigenvalue weighted by Crippen LogP contribution is -2.40. The van der Waals surface area contributed by atoms with Gasteiger partial charge in [-0.05, 0) is 24.1 Å². The predicted octanol–water partition coefficient (Wildman–Crippen LogP) is 1.87. The topological polar surface area (TPSA) is 78.9 Å². The molecule has 3 N–H and O–H groups in total. The highest BCUT2D eigenvalue weighted by Gasteiger charge is 2.19. The highest BCUT2D eigenvalue weighted by Crippen LogP contribution is 2.12. The molecule has 0 fully saturated rings. The summed E-state index contributed by atoms with van der Waals surface area (Å²) in [6.45, 7) is 3.93. The molecule has 0 aliphatic carbocycles. The Bertz CT molecular complexity index is 437. The van der Waals surface area contributed by atoms with Gasteiger partial charge in [0.1, 0.15) is 0 Å². The molecule has 1 unspecified atom stereocenters. The van der Waals surface area contributed by atoms with Crippen molar-refractivity contribution in [3.63, 3.8) is 0 Å². The molecule has 17 heavy (non-hydrogen) atoms. The minimum absolute atomic E-state index is 0.133. The highest BCUT2D eigenvalue weighted by molar-refractivity contribution is 5.94. The van der Waals surface area contributed by atoms with Gasteiger partial charge in [-0.3, -0.25) is 4.79 Å². The molecule has 4 heteroatoms. The van der Waals surface area contributed by atoms with Gasteiger partial charge in [0, 0.05) is 5.69 Å². The summed E-state index contributed by atoms with van der Waals surface area (Å²) in [5.41, 5.74) is 6.93. The Morgan fingerprint density at radius 3 is 2.88 bits per heavy atom. The van der Waals surface area contributed by atoms with Gasteiger partial charge in [0.05, 0.1) is 17.7 Å². The lowest BCUT2D eigenvalue weighted by Gasteiger charge is -2.17. The van der Waals surface area contributed by atoms with Gasteiger partial charge in [-0.25, -0.2) is 0 Å². The monoisotopic (exact) mass is 231 g/mol. The Morgan fingerprint density at radius 1 is 1.59 bits per heavy atom. The van der Waals surface area contributed by atoms with Crippen molar-refractivity contribution in [3.05, 3.63) is 29.8 Å². The van der Waals surface area contributed by atoms with E-state index in [1.54, 1.807) is 24.3 Å². The van der Waals surface area contributed by atoms with Crippen LogP contribution in [0.5, 0.6) is 0 Å². The molecular formula is C13H17N3O. The van der Waals surface area contributed by atoms with Gasteiger partial charge < -0.3 is 11.1 Å². The van der Waals surface area contributed by atoms with Crippen molar-refractivity contribution in [3.8, 4) is 6.07 Å². The summed E-state index contributed by atoms with van der Waals surface area (Å²) in [5.74, 6) is -0.0800. The number of amides is 1. The van der Waals surface area contributed by atoms with Crippen LogP contribution >= 0.6 is 0 Å². The number of nitriles is 1. The summed E-state index contributed by atoms with van der Waals surface area (Å²) in [6, 6.07) is 8.27. The predicted molar refractivity (Wildman–Crippen MR) is 67.2 cm³/mol. The largest absolute Gasteiger partial charge is 0.325 e. The van der Waals surface area contributed by atoms with Crippen molar-refractivity contribution in [1.82, 2.24) is 0 Å². The van der Waals surface area contributed by atoms with Crippen LogP contribution in [0.4, 0.5) is 5.69 Å². The summed E-state index contributed by atoms with van der Waals surface area (Å²) < 4.78 is 0. The third-order valence-corrected chi connectivity index (χ3v) is 2.82. The molecular weight excluding hydrogens is 214 g/mol. The number of anilines is 1. The number of nitrogens with one attached hydrogen (secondary N) is 1. The number of rotatable bonds is 4. The van der Waals surface area contributed by atoms with Crippen LogP contribution in [-0.4, -0.2) is 11.9 Å². The molecule has 0 radical (unpaired) electrons. The zero-order chi connectivity index (χ0) is 12.8. The van der Waals surface area contributed by atoms with E-state index >= 15 is 0 Å². The number of carbonyl (C=O) groups excluding carboxylic acids is 1. The average Bonchev–Trinajstić information content (AvgIpc) is 2.37. The molecule has 0 aliphatic rings. The first-order valence-electron chi connectivity index (χ1n) is 5.65. The van der Waals surface area contributed by atoms with Gasteiger partial charge in [-0.2, -0.15) is 5.26 Å². The zero-order valence-electron chi connectivity index (χ0n) is 10.1. The first-order chi connectivity index (χ1) is 8.08. The number of nitrogens with two attached hydrogens (primary N) is 1. The second-order valence-corrected chi connectivity index (χ2v) is 4.09. The molecule has 0 heterocycles. The molecule has 1 rings (SSSR count). The Kier molecular flexibility index (Phi) is 4.68. The number of carbonyl (C=O) groups is 1. The van der Waals surface area contributed by atoms with E-state index in [1.165, 1.54) is 0 Å². The van der Waals surface area contributed by atoms with E-state index in [0.717, 1.165) is 6.42 Å². The molecule has 0 saturated carbocycles. The smallest absolute Gasteiger partial charge is 0.241 e. The molecule has 1 amide bonds. The molecule has 0 saturated heterocycles. The van der Waals surface area contributed by atoms with E-state index in [1.807, 2.05) is 19.9 Å². The van der Waals surface area contributed by atoms with Gasteiger partial charge in [-0.15, -0.1) is 0 Å². The highest BCUT2D eigenvalue weighted by atomic mass is 16.2. The van der Waals surface area contributed by atoms with E-state index in [-0.39, 0.29) is 11.8 Å². The number of benzene rings is 1. The lowest BCUT2D eigenvalue weighted by molar-refractivity contribution is -0.118. The SMILES string of the molecule is CCC(C)[C@H](N)C(=O)Nc1cccc(C#N)c1. The molecule has 0 aromatic heterocycles. The lowest BCUT2D eigenvalue weighted by atomic mass is 9.99. The Morgan fingerprint density at radius 2 is 2.29 bits per heavy atom. The van der Waals surface area contributed by atoms with Crippen LogP contribution in [0.1, 0.15) is 25.8 Å². The van der Waals surface area contributed by atoms with E-state index in [4.69, 9.17) is 11.0 Å². The van der Waals surface area contributed by atoms with Gasteiger partial charge in [0.2, 0.25) is 5.91 Å². The maximum Gasteiger partial charge on any atom is 0.241 e. The number of nitrogens with zero attached hydrogens (tertiary/aromatic N) is 1. The van der Waals surface area contributed by atoms with E-state index in [2.05, 4.69) is 5.32 Å². The summed E-state index contributed by atoms with van der Waals surface area (Å²) in [4.78, 5) is 11.8. The molecule has 1 aromatic carbocycles. The third kappa shape index (κ3) is 3.58. The van der Waals surface area contributed by atoms with Crippen molar-refractivity contribution in [2.75, 3.05) is 5.32 Å². The minimum Gasteiger partial charge on any atom is -0.325 e. The van der Waals surface area contributed by atoms with Crippen molar-refractivity contribution in [2.45, 2.75) is 26.3 Å². The average molecular weight is 231 g/mol. The molecule has 0 aliphatic heterocycles. The van der Waals surface area contributed by atoms with Gasteiger partial charge in [0.15, 0.2) is 0 Å². The first kappa shape index (κ1) is 13.2. The van der Waals surface area contributed by atoms with Gasteiger partial charge >= 0.3 is 0 Å². The Balaban J connectivity index is 2.71. The number of hydrogen-bond acceptors (Lipinski definition) is 3. The summed E-state index contributed by atoms with van der Waals surface area (Å²) >= 11 is 0. The quantitative estimate of drug-likeness (QED) is 0.830. The maximum absolute atomic E-state index is 11.8. The van der Waals surface area contributed by atoms with Crippen LogP contribution in [0, 0.1) is 17.2 Å². The van der Waals surface area contributed by atoms with Crippen LogP contribution in [0.3, 0.4) is 0 Å². The summed E-state index contributed by atoms with van der Waals surface area (Å²) in [7, 11) is 0. The van der Waals surface area contributed by atoms with E-state index < -0.39 is 6.04 Å². The van der Waals surface area contributed by atoms with Crippen LogP contribution in [-0.2, 0) is 4.79 Å². The fourth-order valence-corrected chi connectivity index (χ4v) is 1.40. The van der Waals surface area contributed by atoms with E-state index in [0.29, 0.717) is 11.3 Å². The van der Waals surface area contributed by atoms with E-state index in [9.17, 15) is 4.79 Å². The molecule has 4 nitrogen and oxygen atoms in total. The third-order valence-electron chi connectivity index (χ3n) is 2.82. The van der Waals surface area contributed by atoms with Crippen molar-refractivity contribution in [2.24, 2.45) is 11.7 Å². The van der Waals surface area contributed by atoms with Crippen molar-refractivity contribution >= 4 is 11.6 Å². The minimum atomic E-state index is -0.522. The molecule has 0 bridgehead atoms. The zero-order valence-corrected chi connectivity index (χ0v) is 10.1. The fraction of sp³-hybridized carbons (Fsp3) is 0.385. The van der Waals surface area contributed by atoms with Crippen molar-refractivity contribution < 1.29 is 4.79 Å². The summed E-state index contributed by atoms with van der Waals surface area (Å²) in [5, 5.41) is 11.5. The van der Waals surface area contributed by atoms with Gasteiger partial charge in [0.25, 0.3) is 0 Å². The van der Waals surface area contributed by atoms with Crippen molar-refractivity contribution in [1.29, 1.82) is 5.26 Å². The second kappa shape index (κ2) is 6.02. The normalized spacial score (nSPS) is 13.5. The maximum atomic E-state index is 11.8. The van der Waals surface area contributed by atoms with Crippen LogP contribution in [0.2, 0.25) is 0 Å². The number of hydrogen-bond donors (Lipinski definition) is 2. The standard InChI is InChI=1S/C13H17N3O/c1-3-9(2)12(15)13(17)16-11-6-4-5-10(7-11)8-14/h4-7,9,12H,3,15H2,1-2H3,(H,16,17)/t9?,12-/m0/s1. The summed E-state index contributed by atoms with van der Waals surface area (Å²) in [6.07, 6.45) is 0.854. The first-order valence-corrected chi connectivity index (χ1v) is 5.65. The molecule has 0 spiro atoms. The van der Waals surface area contributed by atoms with Crippen LogP contribution in [0.15, 0.2) is 24.3 Å². The Hall–Kier alpha value is -1.86. The molecule has 90 valence electrons. The molecule has 2 atom stereocenters. The van der Waals surface area contributed by atoms with Crippen LogP contribution < -0.4 is 11.1 Å². The van der Waals surface area contributed by atoms with Gasteiger partial charge in [-0.1, -0.05) is 26.3 Å². The van der Waals surface area contributed by atoms with Crippen LogP contribution in [0.25, 0.3) is 0 Å². The second-order valence-electron chi connectivity index (χ2n) is 4.09. The fourth-order valence-electron chi connectivity index (χ4n) is 1.40.